The van der Waals surface area contributed by atoms with E-state index in [-0.39, 0.29) is 11.9 Å². The fourth-order valence-corrected chi connectivity index (χ4v) is 5.05. The van der Waals surface area contributed by atoms with Crippen LogP contribution >= 0.6 is 11.3 Å². The van der Waals surface area contributed by atoms with Crippen LogP contribution in [0.5, 0.6) is 5.75 Å². The number of urea groups is 1. The van der Waals surface area contributed by atoms with Crippen LogP contribution in [0.15, 0.2) is 12.1 Å². The van der Waals surface area contributed by atoms with Crippen molar-refractivity contribution in [1.82, 2.24) is 14.8 Å². The molecule has 0 saturated carbocycles. The molecular weight excluding hydrogens is 392 g/mol. The highest BCUT2D eigenvalue weighted by Gasteiger charge is 2.26. The largest absolute Gasteiger partial charge is 0.494 e. The second-order valence-corrected chi connectivity index (χ2v) is 8.36. The van der Waals surface area contributed by atoms with E-state index in [9.17, 15) is 9.59 Å². The van der Waals surface area contributed by atoms with Crippen molar-refractivity contribution in [2.24, 2.45) is 0 Å². The number of morpholine rings is 1. The van der Waals surface area contributed by atoms with E-state index in [4.69, 9.17) is 9.47 Å². The highest BCUT2D eigenvalue weighted by Crippen LogP contribution is 2.41. The lowest BCUT2D eigenvalue weighted by molar-refractivity contribution is -0.129. The zero-order valence-electron chi connectivity index (χ0n) is 16.8. The Balaban J connectivity index is 1.58. The molecule has 2 aliphatic heterocycles. The second-order valence-electron chi connectivity index (χ2n) is 7.36. The third-order valence-electron chi connectivity index (χ3n) is 5.65. The van der Waals surface area contributed by atoms with Crippen molar-refractivity contribution >= 4 is 38.6 Å². The predicted octanol–water partition coefficient (Wildman–Crippen LogP) is 2.89. The third-order valence-corrected chi connectivity index (χ3v) is 6.67. The van der Waals surface area contributed by atoms with Crippen LogP contribution in [0.4, 0.5) is 9.93 Å². The summed E-state index contributed by atoms with van der Waals surface area (Å²) in [4.78, 5) is 32.5. The van der Waals surface area contributed by atoms with Crippen molar-refractivity contribution in [2.75, 3.05) is 51.8 Å². The minimum absolute atomic E-state index is 0.134. The van der Waals surface area contributed by atoms with Gasteiger partial charge in [-0.15, -0.1) is 0 Å². The molecule has 2 fully saturated rings. The SMILES string of the molecule is COc1ccc(C2CCN(C(C)=O)CC2)c2sc(NC(=O)N3CCOCC3)nc12. The van der Waals surface area contributed by atoms with Gasteiger partial charge in [-0.3, -0.25) is 10.1 Å². The summed E-state index contributed by atoms with van der Waals surface area (Å²) in [5.74, 6) is 1.20. The topological polar surface area (TPSA) is 84.0 Å². The highest BCUT2D eigenvalue weighted by molar-refractivity contribution is 7.22. The summed E-state index contributed by atoms with van der Waals surface area (Å²) in [6.45, 7) is 5.45. The van der Waals surface area contributed by atoms with Crippen LogP contribution in [0.1, 0.15) is 31.2 Å². The van der Waals surface area contributed by atoms with E-state index in [2.05, 4.69) is 16.4 Å². The number of hydrogen-bond acceptors (Lipinski definition) is 6. The molecule has 1 aromatic heterocycles. The molecule has 0 spiro atoms. The Morgan fingerprint density at radius 3 is 2.55 bits per heavy atom. The first-order valence-electron chi connectivity index (χ1n) is 9.93. The Morgan fingerprint density at radius 2 is 1.90 bits per heavy atom. The maximum Gasteiger partial charge on any atom is 0.323 e. The van der Waals surface area contributed by atoms with Gasteiger partial charge in [0, 0.05) is 33.1 Å². The van der Waals surface area contributed by atoms with Crippen LogP contribution in [0.25, 0.3) is 10.2 Å². The van der Waals surface area contributed by atoms with Crippen molar-refractivity contribution in [3.63, 3.8) is 0 Å². The summed E-state index contributed by atoms with van der Waals surface area (Å²) >= 11 is 1.48. The van der Waals surface area contributed by atoms with Gasteiger partial charge in [-0.1, -0.05) is 17.4 Å². The van der Waals surface area contributed by atoms with E-state index < -0.39 is 0 Å². The minimum Gasteiger partial charge on any atom is -0.494 e. The number of benzene rings is 1. The Hall–Kier alpha value is -2.39. The molecule has 3 amide bonds. The molecule has 29 heavy (non-hydrogen) atoms. The molecule has 0 unspecified atom stereocenters. The molecule has 0 radical (unpaired) electrons. The van der Waals surface area contributed by atoms with Crippen LogP contribution in [0.2, 0.25) is 0 Å². The smallest absolute Gasteiger partial charge is 0.323 e. The van der Waals surface area contributed by atoms with Crippen LogP contribution < -0.4 is 10.1 Å². The quantitative estimate of drug-likeness (QED) is 0.829. The number of carbonyl (C=O) groups excluding carboxylic acids is 2. The number of amides is 3. The summed E-state index contributed by atoms with van der Waals surface area (Å²) in [7, 11) is 1.63. The summed E-state index contributed by atoms with van der Waals surface area (Å²) in [6, 6.07) is 3.89. The maximum atomic E-state index is 12.5. The van der Waals surface area contributed by atoms with Gasteiger partial charge in [0.2, 0.25) is 5.91 Å². The zero-order valence-corrected chi connectivity index (χ0v) is 17.6. The van der Waals surface area contributed by atoms with Crippen molar-refractivity contribution in [2.45, 2.75) is 25.7 Å². The van der Waals surface area contributed by atoms with Crippen LogP contribution in [-0.4, -0.2) is 73.2 Å². The van der Waals surface area contributed by atoms with Crippen molar-refractivity contribution in [3.05, 3.63) is 17.7 Å². The molecule has 9 heteroatoms. The third kappa shape index (κ3) is 4.16. The lowest BCUT2D eigenvalue weighted by Gasteiger charge is -2.31. The maximum absolute atomic E-state index is 12.5. The monoisotopic (exact) mass is 418 g/mol. The van der Waals surface area contributed by atoms with E-state index in [1.807, 2.05) is 11.0 Å². The Bertz CT molecular complexity index is 901. The molecule has 0 atom stereocenters. The van der Waals surface area contributed by atoms with Crippen LogP contribution in [0, 0.1) is 0 Å². The van der Waals surface area contributed by atoms with Gasteiger partial charge in [0.25, 0.3) is 0 Å². The molecule has 3 heterocycles. The number of anilines is 1. The first-order chi connectivity index (χ1) is 14.1. The van der Waals surface area contributed by atoms with Gasteiger partial charge in [-0.2, -0.15) is 0 Å². The number of methoxy groups -OCH3 is 1. The molecule has 1 N–H and O–H groups in total. The van der Waals surface area contributed by atoms with E-state index >= 15 is 0 Å². The summed E-state index contributed by atoms with van der Waals surface area (Å²) in [5, 5.41) is 3.51. The number of nitrogens with one attached hydrogen (secondary N) is 1. The number of fused-ring (bicyclic) bond motifs is 1. The van der Waals surface area contributed by atoms with Gasteiger partial charge in [-0.25, -0.2) is 9.78 Å². The van der Waals surface area contributed by atoms with Crippen molar-refractivity contribution in [3.8, 4) is 5.75 Å². The van der Waals surface area contributed by atoms with Gasteiger partial charge in [0.1, 0.15) is 11.3 Å². The average Bonchev–Trinajstić information content (AvgIpc) is 3.17. The predicted molar refractivity (Wildman–Crippen MR) is 112 cm³/mol. The van der Waals surface area contributed by atoms with Gasteiger partial charge in [0.05, 0.1) is 25.0 Å². The number of nitrogens with zero attached hydrogens (tertiary/aromatic N) is 3. The standard InChI is InChI=1S/C20H26N4O4S/c1-13(25)23-7-5-14(6-8-23)15-3-4-16(27-2)17-18(15)29-19(21-17)22-20(26)24-9-11-28-12-10-24/h3-4,14H,5-12H2,1-2H3,(H,21,22,26). The van der Waals surface area contributed by atoms with Crippen LogP contribution in [0.3, 0.4) is 0 Å². The molecule has 2 aliphatic rings. The second kappa shape index (κ2) is 8.54. The molecule has 0 bridgehead atoms. The summed E-state index contributed by atoms with van der Waals surface area (Å²) in [6.07, 6.45) is 1.85. The van der Waals surface area contributed by atoms with Gasteiger partial charge < -0.3 is 19.3 Å². The van der Waals surface area contributed by atoms with Gasteiger partial charge in [0.15, 0.2) is 5.13 Å². The van der Waals surface area contributed by atoms with E-state index in [1.54, 1.807) is 18.9 Å². The van der Waals surface area contributed by atoms with E-state index in [1.165, 1.54) is 16.9 Å². The van der Waals surface area contributed by atoms with Crippen molar-refractivity contribution < 1.29 is 19.1 Å². The lowest BCUT2D eigenvalue weighted by atomic mass is 9.89. The Labute approximate surface area is 173 Å². The van der Waals surface area contributed by atoms with E-state index in [0.29, 0.717) is 43.1 Å². The lowest BCUT2D eigenvalue weighted by Crippen LogP contribution is -2.43. The molecule has 156 valence electrons. The molecule has 0 aliphatic carbocycles. The first kappa shape index (κ1) is 19.9. The minimum atomic E-state index is -0.150. The molecule has 1 aromatic carbocycles. The molecular formula is C20H26N4O4S. The van der Waals surface area contributed by atoms with Gasteiger partial charge >= 0.3 is 6.03 Å². The fourth-order valence-electron chi connectivity index (χ4n) is 3.98. The molecule has 2 aromatic rings. The average molecular weight is 419 g/mol. The number of carbonyl (C=O) groups is 2. The molecule has 8 nitrogen and oxygen atoms in total. The zero-order chi connectivity index (χ0) is 20.4. The number of aromatic nitrogens is 1. The van der Waals surface area contributed by atoms with Gasteiger partial charge in [-0.05, 0) is 30.4 Å². The number of likely N-dealkylation sites (tertiary alicyclic amines) is 1. The van der Waals surface area contributed by atoms with Crippen molar-refractivity contribution in [1.29, 1.82) is 0 Å². The molecule has 4 rings (SSSR count). The summed E-state index contributed by atoms with van der Waals surface area (Å²) in [5.41, 5.74) is 2.00. The number of thiazole rings is 1. The number of ether oxygens (including phenoxy) is 2. The normalized spacial score (nSPS) is 18.1. The number of hydrogen-bond donors (Lipinski definition) is 1. The Kier molecular flexibility index (Phi) is 5.86. The Morgan fingerprint density at radius 1 is 1.17 bits per heavy atom. The fraction of sp³-hybridized carbons (Fsp3) is 0.550. The highest BCUT2D eigenvalue weighted by atomic mass is 32.1. The number of rotatable bonds is 3. The number of piperidine rings is 1. The van der Waals surface area contributed by atoms with E-state index in [0.717, 1.165) is 36.1 Å². The molecule has 2 saturated heterocycles. The summed E-state index contributed by atoms with van der Waals surface area (Å²) < 4.78 is 11.9. The first-order valence-corrected chi connectivity index (χ1v) is 10.7. The van der Waals surface area contributed by atoms with Crippen LogP contribution in [-0.2, 0) is 9.53 Å².